The van der Waals surface area contributed by atoms with Crippen molar-refractivity contribution in [3.05, 3.63) is 28.8 Å². The Morgan fingerprint density at radius 3 is 2.10 bits per heavy atom. The van der Waals surface area contributed by atoms with Crippen LogP contribution in [0.5, 0.6) is 0 Å². The zero-order valence-electron chi connectivity index (χ0n) is 13.9. The highest BCUT2D eigenvalue weighted by atomic mass is 32.2. The van der Waals surface area contributed by atoms with Gasteiger partial charge in [0.05, 0.1) is 10.8 Å². The Morgan fingerprint density at radius 2 is 1.62 bits per heavy atom. The molecule has 0 amide bonds. The van der Waals surface area contributed by atoms with E-state index >= 15 is 0 Å². The predicted molar refractivity (Wildman–Crippen MR) is 88.0 cm³/mol. The first-order valence-corrected chi connectivity index (χ1v) is 8.85. The molecule has 1 aromatic carbocycles. The van der Waals surface area contributed by atoms with Crippen LogP contribution in [-0.4, -0.2) is 15.2 Å². The van der Waals surface area contributed by atoms with Gasteiger partial charge in [0.2, 0.25) is 0 Å². The molecule has 3 atom stereocenters. The minimum Gasteiger partial charge on any atom is -0.298 e. The maximum atomic E-state index is 13.2. The summed E-state index contributed by atoms with van der Waals surface area (Å²) >= 11 is 0. The highest BCUT2D eigenvalue weighted by Gasteiger charge is 2.45. The second kappa shape index (κ2) is 5.68. The van der Waals surface area contributed by atoms with E-state index in [2.05, 4.69) is 32.9 Å². The Balaban J connectivity index is 2.46. The number of benzene rings is 1. The van der Waals surface area contributed by atoms with Crippen LogP contribution in [0, 0.1) is 32.1 Å². The second-order valence-corrected chi connectivity index (χ2v) is 8.93. The summed E-state index contributed by atoms with van der Waals surface area (Å²) in [7, 11) is -1.25. The van der Waals surface area contributed by atoms with Gasteiger partial charge in [0.25, 0.3) is 0 Å². The summed E-state index contributed by atoms with van der Waals surface area (Å²) < 4.78 is 13.2. The summed E-state index contributed by atoms with van der Waals surface area (Å²) in [5, 5.41) is -0.342. The molecule has 0 heterocycles. The van der Waals surface area contributed by atoms with Crippen LogP contribution >= 0.6 is 0 Å². The SMILES string of the molecule is Cc1cc(C)c(S(=O)[C@H]2C(=O)CC[C@@H]2C(C)(C)C)c(C)c1. The Kier molecular flexibility index (Phi) is 4.44. The van der Waals surface area contributed by atoms with E-state index in [4.69, 9.17) is 0 Å². The molecule has 2 nitrogen and oxygen atoms in total. The van der Waals surface area contributed by atoms with Gasteiger partial charge in [0, 0.05) is 11.3 Å². The summed E-state index contributed by atoms with van der Waals surface area (Å²) in [6.45, 7) is 12.5. The van der Waals surface area contributed by atoms with Crippen LogP contribution in [0.15, 0.2) is 17.0 Å². The van der Waals surface area contributed by atoms with Gasteiger partial charge in [-0.15, -0.1) is 0 Å². The van der Waals surface area contributed by atoms with Crippen LogP contribution < -0.4 is 0 Å². The fourth-order valence-corrected chi connectivity index (χ4v) is 5.79. The first-order valence-electron chi connectivity index (χ1n) is 7.64. The molecule has 0 N–H and O–H groups in total. The second-order valence-electron chi connectivity index (χ2n) is 7.42. The van der Waals surface area contributed by atoms with Crippen LogP contribution in [0.1, 0.15) is 50.3 Å². The summed E-state index contributed by atoms with van der Waals surface area (Å²) in [5.41, 5.74) is 3.27. The molecule has 1 aliphatic rings. The third-order valence-corrected chi connectivity index (χ3v) is 6.63. The molecular formula is C18H26O2S. The molecule has 0 saturated heterocycles. The van der Waals surface area contributed by atoms with Crippen molar-refractivity contribution in [2.75, 3.05) is 0 Å². The molecule has 0 bridgehead atoms. The Labute approximate surface area is 130 Å². The van der Waals surface area contributed by atoms with E-state index in [0.717, 1.165) is 22.4 Å². The smallest absolute Gasteiger partial charge is 0.149 e. The van der Waals surface area contributed by atoms with Crippen molar-refractivity contribution in [1.82, 2.24) is 0 Å². The molecule has 0 radical (unpaired) electrons. The van der Waals surface area contributed by atoms with Crippen molar-refractivity contribution >= 4 is 16.6 Å². The van der Waals surface area contributed by atoms with Gasteiger partial charge < -0.3 is 0 Å². The fourth-order valence-electron chi connectivity index (χ4n) is 3.58. The van der Waals surface area contributed by atoms with Crippen molar-refractivity contribution in [1.29, 1.82) is 0 Å². The summed E-state index contributed by atoms with van der Waals surface area (Å²) in [4.78, 5) is 13.2. The van der Waals surface area contributed by atoms with E-state index in [1.807, 2.05) is 20.8 Å². The van der Waals surface area contributed by atoms with Gasteiger partial charge in [-0.2, -0.15) is 0 Å². The maximum absolute atomic E-state index is 13.2. The lowest BCUT2D eigenvalue weighted by Gasteiger charge is -2.31. The molecule has 0 aromatic heterocycles. The minimum absolute atomic E-state index is 0.0129. The largest absolute Gasteiger partial charge is 0.298 e. The third-order valence-electron chi connectivity index (χ3n) is 4.53. The number of aryl methyl sites for hydroxylation is 3. The molecule has 1 unspecified atom stereocenters. The van der Waals surface area contributed by atoms with Gasteiger partial charge in [0.1, 0.15) is 11.0 Å². The molecule has 21 heavy (non-hydrogen) atoms. The first kappa shape index (κ1) is 16.4. The number of ketones is 1. The molecule has 1 aliphatic carbocycles. The van der Waals surface area contributed by atoms with E-state index in [-0.39, 0.29) is 22.4 Å². The number of hydrogen-bond acceptors (Lipinski definition) is 2. The van der Waals surface area contributed by atoms with Crippen molar-refractivity contribution in [2.24, 2.45) is 11.3 Å². The van der Waals surface area contributed by atoms with E-state index in [1.165, 1.54) is 5.56 Å². The number of carbonyl (C=O) groups is 1. The van der Waals surface area contributed by atoms with E-state index in [9.17, 15) is 9.00 Å². The Hall–Kier alpha value is -0.960. The van der Waals surface area contributed by atoms with Gasteiger partial charge in [0.15, 0.2) is 0 Å². The van der Waals surface area contributed by atoms with Crippen LogP contribution in [-0.2, 0) is 15.6 Å². The van der Waals surface area contributed by atoms with E-state index in [0.29, 0.717) is 6.42 Å². The van der Waals surface area contributed by atoms with Gasteiger partial charge in [-0.3, -0.25) is 9.00 Å². The average Bonchev–Trinajstić information content (AvgIpc) is 2.69. The van der Waals surface area contributed by atoms with E-state index in [1.54, 1.807) is 0 Å². The number of carbonyl (C=O) groups excluding carboxylic acids is 1. The standard InChI is InChI=1S/C18H26O2S/c1-11-9-12(2)16(13(3)10-11)21(20)17-14(18(4,5)6)7-8-15(17)19/h9-10,14,17H,7-8H2,1-6H3/t14-,17+,21?/m0/s1. The zero-order valence-corrected chi connectivity index (χ0v) is 14.8. The molecule has 3 heteroatoms. The summed E-state index contributed by atoms with van der Waals surface area (Å²) in [5.74, 6) is 0.374. The molecule has 116 valence electrons. The molecule has 0 spiro atoms. The van der Waals surface area contributed by atoms with Crippen molar-refractivity contribution in [3.63, 3.8) is 0 Å². The van der Waals surface area contributed by atoms with Crippen molar-refractivity contribution < 1.29 is 9.00 Å². The Morgan fingerprint density at radius 1 is 1.10 bits per heavy atom. The topological polar surface area (TPSA) is 34.1 Å². The lowest BCUT2D eigenvalue weighted by molar-refractivity contribution is -0.117. The van der Waals surface area contributed by atoms with Crippen LogP contribution in [0.4, 0.5) is 0 Å². The zero-order chi connectivity index (χ0) is 15.9. The quantitative estimate of drug-likeness (QED) is 0.824. The molecule has 1 aromatic rings. The van der Waals surface area contributed by atoms with Crippen molar-refractivity contribution in [2.45, 2.75) is 64.5 Å². The third kappa shape index (κ3) is 3.13. The van der Waals surface area contributed by atoms with Gasteiger partial charge in [-0.05, 0) is 49.7 Å². The molecule has 1 fully saturated rings. The fraction of sp³-hybridized carbons (Fsp3) is 0.611. The van der Waals surface area contributed by atoms with Crippen molar-refractivity contribution in [3.8, 4) is 0 Å². The minimum atomic E-state index is -1.25. The van der Waals surface area contributed by atoms with Gasteiger partial charge >= 0.3 is 0 Å². The normalized spacial score (nSPS) is 24.4. The summed E-state index contributed by atoms with van der Waals surface area (Å²) in [6.07, 6.45) is 1.44. The maximum Gasteiger partial charge on any atom is 0.149 e. The number of hydrogen-bond donors (Lipinski definition) is 0. The van der Waals surface area contributed by atoms with Crippen LogP contribution in [0.3, 0.4) is 0 Å². The lowest BCUT2D eigenvalue weighted by Crippen LogP contribution is -2.35. The first-order chi connectivity index (χ1) is 9.62. The monoisotopic (exact) mass is 306 g/mol. The highest BCUT2D eigenvalue weighted by molar-refractivity contribution is 7.86. The van der Waals surface area contributed by atoms with Gasteiger partial charge in [-0.25, -0.2) is 0 Å². The highest BCUT2D eigenvalue weighted by Crippen LogP contribution is 2.42. The predicted octanol–water partition coefficient (Wildman–Crippen LogP) is 4.11. The van der Waals surface area contributed by atoms with Gasteiger partial charge in [-0.1, -0.05) is 38.5 Å². The lowest BCUT2D eigenvalue weighted by atomic mass is 9.79. The van der Waals surface area contributed by atoms with Crippen LogP contribution in [0.25, 0.3) is 0 Å². The number of Topliss-reactive ketones (excluding diaryl/α,β-unsaturated/α-hetero) is 1. The molecule has 0 aliphatic heterocycles. The molecular weight excluding hydrogens is 280 g/mol. The average molecular weight is 306 g/mol. The Bertz CT molecular complexity index is 573. The number of rotatable bonds is 2. The van der Waals surface area contributed by atoms with E-state index < -0.39 is 10.8 Å². The molecule has 1 saturated carbocycles. The molecule has 2 rings (SSSR count). The van der Waals surface area contributed by atoms with Crippen LogP contribution in [0.2, 0.25) is 0 Å². The summed E-state index contributed by atoms with van der Waals surface area (Å²) in [6, 6.07) is 4.12.